The molecule has 0 aromatic heterocycles. The minimum atomic E-state index is -2.33. The van der Waals surface area contributed by atoms with Crippen LogP contribution in [0, 0.1) is 0 Å². The molecule has 150 valence electrons. The molecule has 7 heteroatoms. The van der Waals surface area contributed by atoms with E-state index in [-0.39, 0.29) is 59.1 Å². The number of carbonyl (C=O) groups excluding carboxylic acids is 1. The van der Waals surface area contributed by atoms with Crippen molar-refractivity contribution in [2.75, 3.05) is 19.6 Å². The van der Waals surface area contributed by atoms with Crippen LogP contribution in [0.2, 0.25) is 0 Å². The normalized spacial score (nSPS) is 22.6. The number of rotatable bonds is 1. The SMILES string of the molecule is C1=CCCCC(N2CCCCCC=NCCC2)CCCCC1.O=C([O-])[O-].[Na+].[Na+]. The van der Waals surface area contributed by atoms with E-state index in [1.165, 1.54) is 96.6 Å². The molecule has 0 fully saturated rings. The largest absolute Gasteiger partial charge is 1.00 e. The van der Waals surface area contributed by atoms with E-state index in [4.69, 9.17) is 15.0 Å². The minimum absolute atomic E-state index is 0. The molecule has 1 heterocycles. The zero-order valence-electron chi connectivity index (χ0n) is 18.2. The third-order valence-corrected chi connectivity index (χ3v) is 5.14. The topological polar surface area (TPSA) is 78.8 Å². The molecular weight excluding hydrogens is 374 g/mol. The van der Waals surface area contributed by atoms with Gasteiger partial charge in [0.1, 0.15) is 0 Å². The summed E-state index contributed by atoms with van der Waals surface area (Å²) in [6.07, 6.45) is 22.2. The maximum Gasteiger partial charge on any atom is 1.00 e. The van der Waals surface area contributed by atoms with Gasteiger partial charge in [-0.3, -0.25) is 4.99 Å². The van der Waals surface area contributed by atoms with Gasteiger partial charge in [0, 0.05) is 19.1 Å². The maximum atomic E-state index is 8.33. The molecule has 0 radical (unpaired) electrons. The fourth-order valence-corrected chi connectivity index (χ4v) is 3.79. The van der Waals surface area contributed by atoms with Crippen molar-refractivity contribution in [1.82, 2.24) is 4.90 Å². The first-order valence-electron chi connectivity index (χ1n) is 10.5. The summed E-state index contributed by atoms with van der Waals surface area (Å²) in [6, 6.07) is 0.830. The summed E-state index contributed by atoms with van der Waals surface area (Å²) < 4.78 is 0. The Hall–Kier alpha value is 0.640. The summed E-state index contributed by atoms with van der Waals surface area (Å²) in [7, 11) is 0. The van der Waals surface area contributed by atoms with Gasteiger partial charge < -0.3 is 19.9 Å². The van der Waals surface area contributed by atoms with E-state index in [2.05, 4.69) is 28.3 Å². The van der Waals surface area contributed by atoms with Gasteiger partial charge in [-0.05, 0) is 83.1 Å². The Morgan fingerprint density at radius 2 is 1.36 bits per heavy atom. The van der Waals surface area contributed by atoms with Gasteiger partial charge in [0.15, 0.2) is 0 Å². The molecule has 0 spiro atoms. The first-order valence-corrected chi connectivity index (χ1v) is 10.5. The van der Waals surface area contributed by atoms with Gasteiger partial charge in [-0.2, -0.15) is 0 Å². The van der Waals surface area contributed by atoms with E-state index in [9.17, 15) is 0 Å². The second-order valence-electron chi connectivity index (χ2n) is 7.27. The van der Waals surface area contributed by atoms with Gasteiger partial charge >= 0.3 is 59.1 Å². The molecular formula is C21H36N2Na2O3. The Kier molecular flexibility index (Phi) is 24.6. The van der Waals surface area contributed by atoms with Gasteiger partial charge in [-0.25, -0.2) is 0 Å². The van der Waals surface area contributed by atoms with Crippen LogP contribution in [0.25, 0.3) is 0 Å². The van der Waals surface area contributed by atoms with Crippen molar-refractivity contribution in [2.45, 2.75) is 89.5 Å². The van der Waals surface area contributed by atoms with Crippen molar-refractivity contribution in [3.05, 3.63) is 12.2 Å². The van der Waals surface area contributed by atoms with Crippen LogP contribution in [-0.4, -0.2) is 42.9 Å². The molecule has 0 bridgehead atoms. The van der Waals surface area contributed by atoms with Crippen LogP contribution in [-0.2, 0) is 0 Å². The Labute approximate surface area is 216 Å². The quantitative estimate of drug-likeness (QED) is 0.340. The number of hydrogen-bond acceptors (Lipinski definition) is 5. The van der Waals surface area contributed by atoms with Gasteiger partial charge in [-0.1, -0.05) is 31.4 Å². The van der Waals surface area contributed by atoms with Crippen molar-refractivity contribution >= 4 is 12.4 Å². The zero-order valence-corrected chi connectivity index (χ0v) is 22.2. The van der Waals surface area contributed by atoms with Crippen LogP contribution in [0.4, 0.5) is 4.79 Å². The number of carboxylic acid groups (broad SMARTS) is 2. The van der Waals surface area contributed by atoms with Crippen molar-refractivity contribution in [1.29, 1.82) is 0 Å². The number of nitrogens with zero attached hydrogens (tertiary/aromatic N) is 2. The molecule has 1 aliphatic carbocycles. The molecule has 5 nitrogen and oxygen atoms in total. The van der Waals surface area contributed by atoms with Crippen molar-refractivity contribution in [3.63, 3.8) is 0 Å². The van der Waals surface area contributed by atoms with Crippen molar-refractivity contribution in [2.24, 2.45) is 4.99 Å². The van der Waals surface area contributed by atoms with E-state index < -0.39 is 6.16 Å². The molecule has 0 N–H and O–H groups in total. The third-order valence-electron chi connectivity index (χ3n) is 5.14. The van der Waals surface area contributed by atoms with Gasteiger partial charge in [0.25, 0.3) is 0 Å². The van der Waals surface area contributed by atoms with Crippen LogP contribution < -0.4 is 69.3 Å². The maximum absolute atomic E-state index is 8.33. The number of allylic oxidation sites excluding steroid dienone is 2. The monoisotopic (exact) mass is 410 g/mol. The summed E-state index contributed by atoms with van der Waals surface area (Å²) in [6.45, 7) is 3.62. The first-order chi connectivity index (χ1) is 12.7. The minimum Gasteiger partial charge on any atom is -0.652 e. The molecule has 0 amide bonds. The van der Waals surface area contributed by atoms with Crippen LogP contribution in [0.5, 0.6) is 0 Å². The predicted molar refractivity (Wildman–Crippen MR) is 103 cm³/mol. The van der Waals surface area contributed by atoms with E-state index in [1.54, 1.807) is 0 Å². The van der Waals surface area contributed by atoms with Crippen LogP contribution in [0.3, 0.4) is 0 Å². The molecule has 0 saturated carbocycles. The summed E-state index contributed by atoms with van der Waals surface area (Å²) in [4.78, 5) is 15.7. The predicted octanol–water partition coefficient (Wildman–Crippen LogP) is -3.06. The summed E-state index contributed by atoms with van der Waals surface area (Å²) in [5.41, 5.74) is 0. The van der Waals surface area contributed by atoms with Crippen LogP contribution in [0.1, 0.15) is 83.5 Å². The Bertz CT molecular complexity index is 384. The van der Waals surface area contributed by atoms with E-state index in [0.29, 0.717) is 0 Å². The van der Waals surface area contributed by atoms with Gasteiger partial charge in [0.05, 0.1) is 0 Å². The number of aliphatic imine (C=N–C) groups is 1. The fourth-order valence-electron chi connectivity index (χ4n) is 3.79. The van der Waals surface area contributed by atoms with Crippen LogP contribution in [0.15, 0.2) is 17.1 Å². The Morgan fingerprint density at radius 1 is 0.786 bits per heavy atom. The van der Waals surface area contributed by atoms with Crippen LogP contribution >= 0.6 is 0 Å². The molecule has 2 aliphatic rings. The molecule has 2 rings (SSSR count). The van der Waals surface area contributed by atoms with Crippen molar-refractivity contribution in [3.8, 4) is 0 Å². The second kappa shape index (κ2) is 22.3. The average molecular weight is 411 g/mol. The van der Waals surface area contributed by atoms with Crippen molar-refractivity contribution < 1.29 is 74.1 Å². The molecule has 1 aliphatic heterocycles. The molecule has 0 saturated heterocycles. The van der Waals surface area contributed by atoms with Gasteiger partial charge in [-0.15, -0.1) is 0 Å². The summed E-state index contributed by atoms with van der Waals surface area (Å²) >= 11 is 0. The Morgan fingerprint density at radius 3 is 2.11 bits per heavy atom. The van der Waals surface area contributed by atoms with E-state index in [0.717, 1.165) is 12.6 Å². The summed E-state index contributed by atoms with van der Waals surface area (Å²) in [5, 5.41) is 16.7. The second-order valence-corrected chi connectivity index (χ2v) is 7.27. The zero-order chi connectivity index (χ0) is 18.9. The standard InChI is InChI=1S/C20H36N2.CH2O3.2Na/c1-2-4-6-10-15-20(14-9-5-3-1)22-18-12-8-7-11-16-21-17-13-19-22;2-1(3)4;;/h1,3,16,20H,2,4-15,17-19H2;(H2,2,3,4);;/q;;2*+1/p-2. The number of carbonyl (C=O) groups is 1. The van der Waals surface area contributed by atoms with E-state index >= 15 is 0 Å². The fraction of sp³-hybridized carbons (Fsp3) is 0.810. The smallest absolute Gasteiger partial charge is 0.652 e. The molecule has 1 unspecified atom stereocenters. The molecule has 28 heavy (non-hydrogen) atoms. The third kappa shape index (κ3) is 18.7. The summed E-state index contributed by atoms with van der Waals surface area (Å²) in [5.74, 6) is 0. The Balaban J connectivity index is 0. The molecule has 1 atom stereocenters. The number of hydrogen-bond donors (Lipinski definition) is 0. The average Bonchev–Trinajstić information content (AvgIpc) is 2.70. The van der Waals surface area contributed by atoms with E-state index in [1.807, 2.05) is 0 Å². The first kappa shape index (κ1) is 30.8. The molecule has 0 aromatic carbocycles. The molecule has 0 aromatic rings. The van der Waals surface area contributed by atoms with Gasteiger partial charge in [0.2, 0.25) is 0 Å².